The van der Waals surface area contributed by atoms with E-state index in [9.17, 15) is 9.36 Å². The van der Waals surface area contributed by atoms with Gasteiger partial charge in [-0.3, -0.25) is 9.36 Å². The molecule has 0 aromatic heterocycles. The highest BCUT2D eigenvalue weighted by Gasteiger charge is 2.05. The zero-order valence-corrected chi connectivity index (χ0v) is 9.61. The Labute approximate surface area is 89.7 Å². The molecule has 0 bridgehead atoms. The first kappa shape index (κ1) is 14.6. The van der Waals surface area contributed by atoms with Crippen LogP contribution >= 0.6 is 8.25 Å². The maximum Gasteiger partial charge on any atom is 0.319 e. The number of hydrogen-bond acceptors (Lipinski definition) is 5. The van der Waals surface area contributed by atoms with Crippen LogP contribution in [0.4, 0.5) is 0 Å². The summed E-state index contributed by atoms with van der Waals surface area (Å²) in [4.78, 5) is 9.93. The second-order valence-electron chi connectivity index (χ2n) is 2.94. The summed E-state index contributed by atoms with van der Waals surface area (Å²) in [6.07, 6.45) is 2.91. The van der Waals surface area contributed by atoms with Gasteiger partial charge in [-0.05, 0) is 19.4 Å². The van der Waals surface area contributed by atoms with E-state index in [0.29, 0.717) is 19.8 Å². The van der Waals surface area contributed by atoms with Crippen LogP contribution in [0, 0.1) is 0 Å². The van der Waals surface area contributed by atoms with Gasteiger partial charge in [-0.2, -0.15) is 0 Å². The number of rotatable bonds is 5. The van der Waals surface area contributed by atoms with Crippen molar-refractivity contribution in [2.75, 3.05) is 19.8 Å². The van der Waals surface area contributed by atoms with Crippen molar-refractivity contribution in [1.29, 1.82) is 0 Å². The van der Waals surface area contributed by atoms with Gasteiger partial charge in [-0.25, -0.2) is 0 Å². The van der Waals surface area contributed by atoms with E-state index in [0.717, 1.165) is 19.3 Å². The van der Waals surface area contributed by atoms with Crippen LogP contribution in [0.2, 0.25) is 0 Å². The van der Waals surface area contributed by atoms with Crippen LogP contribution in [-0.2, 0) is 18.4 Å². The third-order valence-electron chi connectivity index (χ3n) is 1.62. The Morgan fingerprint density at radius 1 is 1.27 bits per heavy atom. The lowest BCUT2D eigenvalue weighted by Crippen LogP contribution is -1.99. The summed E-state index contributed by atoms with van der Waals surface area (Å²) in [6, 6.07) is 0. The number of carboxylic acid groups (broad SMARTS) is 1. The Hall–Kier alpha value is -0.420. The number of hydrogen-bond donors (Lipinski definition) is 2. The van der Waals surface area contributed by atoms with Crippen molar-refractivity contribution in [1.82, 2.24) is 0 Å². The van der Waals surface area contributed by atoms with Gasteiger partial charge in [0.25, 0.3) is 0 Å². The number of aliphatic carboxylic acids is 1. The van der Waals surface area contributed by atoms with Gasteiger partial charge in [-0.15, -0.1) is 0 Å². The molecule has 6 nitrogen and oxygen atoms in total. The number of carboxylic acids is 1. The predicted octanol–water partition coefficient (Wildman–Crippen LogP) is 1.01. The Balaban J connectivity index is 0.000000280. The quantitative estimate of drug-likeness (QED) is 0.548. The smallest absolute Gasteiger partial charge is 0.319 e. The molecule has 15 heavy (non-hydrogen) atoms. The van der Waals surface area contributed by atoms with Gasteiger partial charge in [0.05, 0.1) is 13.2 Å². The summed E-state index contributed by atoms with van der Waals surface area (Å²) >= 11 is 0. The van der Waals surface area contributed by atoms with E-state index in [2.05, 4.69) is 9.05 Å². The zero-order chi connectivity index (χ0) is 11.5. The number of unbranched alkanes of at least 4 members (excludes halogenated alkanes) is 2. The van der Waals surface area contributed by atoms with Crippen molar-refractivity contribution >= 4 is 14.2 Å². The first-order chi connectivity index (χ1) is 7.16. The fourth-order valence-corrected chi connectivity index (χ4v) is 1.47. The first-order valence-electron chi connectivity index (χ1n) is 4.88. The summed E-state index contributed by atoms with van der Waals surface area (Å²) in [7, 11) is -2.01. The molecule has 0 spiro atoms. The average Bonchev–Trinajstić information content (AvgIpc) is 2.65. The van der Waals surface area contributed by atoms with Crippen molar-refractivity contribution in [3.05, 3.63) is 0 Å². The normalized spacial score (nSPS) is 15.8. The molecule has 3 N–H and O–H groups in total. The molecule has 1 rings (SSSR count). The van der Waals surface area contributed by atoms with Crippen molar-refractivity contribution in [3.63, 3.8) is 0 Å². The molecule has 0 atom stereocenters. The third-order valence-corrected chi connectivity index (χ3v) is 2.50. The van der Waals surface area contributed by atoms with Crippen molar-refractivity contribution in [2.24, 2.45) is 5.73 Å². The van der Waals surface area contributed by atoms with Gasteiger partial charge in [-0.1, -0.05) is 6.42 Å². The topological polar surface area (TPSA) is 98.9 Å². The highest BCUT2D eigenvalue weighted by Crippen LogP contribution is 2.27. The monoisotopic (exact) mass is 239 g/mol. The molecule has 0 amide bonds. The minimum Gasteiger partial charge on any atom is -0.481 e. The molecule has 0 aromatic carbocycles. The second-order valence-corrected chi connectivity index (χ2v) is 4.02. The van der Waals surface area contributed by atoms with E-state index < -0.39 is 14.2 Å². The molecule has 0 unspecified atom stereocenters. The number of carbonyl (C=O) groups is 1. The molecular weight excluding hydrogens is 221 g/mol. The second kappa shape index (κ2) is 10.1. The molecule has 1 aliphatic rings. The van der Waals surface area contributed by atoms with Crippen LogP contribution in [-0.4, -0.2) is 30.8 Å². The maximum atomic E-state index is 9.98. The van der Waals surface area contributed by atoms with Crippen molar-refractivity contribution < 1.29 is 23.5 Å². The lowest BCUT2D eigenvalue weighted by molar-refractivity contribution is -0.137. The maximum absolute atomic E-state index is 9.98. The van der Waals surface area contributed by atoms with E-state index in [1.54, 1.807) is 0 Å². The van der Waals surface area contributed by atoms with Gasteiger partial charge in [0, 0.05) is 6.42 Å². The van der Waals surface area contributed by atoms with Crippen molar-refractivity contribution in [3.8, 4) is 0 Å². The summed E-state index contributed by atoms with van der Waals surface area (Å²) in [6.45, 7) is 1.66. The third kappa shape index (κ3) is 11.5. The Morgan fingerprint density at radius 3 is 2.20 bits per heavy atom. The lowest BCUT2D eigenvalue weighted by Gasteiger charge is -1.93. The molecule has 0 aromatic rings. The van der Waals surface area contributed by atoms with Crippen molar-refractivity contribution in [2.45, 2.75) is 25.7 Å². The Morgan fingerprint density at radius 2 is 1.87 bits per heavy atom. The van der Waals surface area contributed by atoms with Crippen LogP contribution < -0.4 is 5.73 Å². The van der Waals surface area contributed by atoms with Crippen LogP contribution in [0.25, 0.3) is 0 Å². The minimum absolute atomic E-state index is 0.278. The van der Waals surface area contributed by atoms with Crippen LogP contribution in [0.1, 0.15) is 25.7 Å². The molecular formula is C8H18NO5P. The van der Waals surface area contributed by atoms with Crippen LogP contribution in [0.15, 0.2) is 0 Å². The Kier molecular flexibility index (Phi) is 9.83. The van der Waals surface area contributed by atoms with E-state index >= 15 is 0 Å². The van der Waals surface area contributed by atoms with Gasteiger partial charge in [0.2, 0.25) is 0 Å². The standard InChI is InChI=1S/C6H13NO2.C2H5O3P/c7-5-3-1-2-4-6(8)9;3-6-4-1-2-5-6/h1-5,7H2,(H,8,9);6H,1-2H2. The molecule has 1 heterocycles. The highest BCUT2D eigenvalue weighted by atomic mass is 31.1. The van der Waals surface area contributed by atoms with Gasteiger partial charge in [0.15, 0.2) is 0 Å². The predicted molar refractivity (Wildman–Crippen MR) is 56.1 cm³/mol. The van der Waals surface area contributed by atoms with Gasteiger partial charge in [0.1, 0.15) is 0 Å². The van der Waals surface area contributed by atoms with Gasteiger partial charge >= 0.3 is 14.2 Å². The SMILES string of the molecule is NCCCCCC(=O)O.O=[PH]1OCCO1. The largest absolute Gasteiger partial charge is 0.481 e. The number of nitrogens with two attached hydrogens (primary N) is 1. The molecule has 1 saturated heterocycles. The first-order valence-corrected chi connectivity index (χ1v) is 6.10. The highest BCUT2D eigenvalue weighted by molar-refractivity contribution is 7.33. The summed E-state index contributed by atoms with van der Waals surface area (Å²) in [5, 5.41) is 8.18. The van der Waals surface area contributed by atoms with E-state index in [1.165, 1.54) is 0 Å². The van der Waals surface area contributed by atoms with Crippen LogP contribution in [0.5, 0.6) is 0 Å². The van der Waals surface area contributed by atoms with E-state index in [1.807, 2.05) is 0 Å². The van der Waals surface area contributed by atoms with Crippen LogP contribution in [0.3, 0.4) is 0 Å². The summed E-state index contributed by atoms with van der Waals surface area (Å²) < 4.78 is 18.9. The summed E-state index contributed by atoms with van der Waals surface area (Å²) in [5.41, 5.74) is 5.20. The average molecular weight is 239 g/mol. The lowest BCUT2D eigenvalue weighted by atomic mass is 10.2. The molecule has 7 heteroatoms. The molecule has 0 radical (unpaired) electrons. The molecule has 0 aliphatic carbocycles. The summed E-state index contributed by atoms with van der Waals surface area (Å²) in [5.74, 6) is -0.716. The Bertz CT molecular complexity index is 191. The van der Waals surface area contributed by atoms with E-state index in [-0.39, 0.29) is 6.42 Å². The fourth-order valence-electron chi connectivity index (χ4n) is 0.889. The molecule has 1 aliphatic heterocycles. The minimum atomic E-state index is -2.01. The molecule has 0 saturated carbocycles. The van der Waals surface area contributed by atoms with Gasteiger partial charge < -0.3 is 19.9 Å². The van der Waals surface area contributed by atoms with E-state index in [4.69, 9.17) is 10.8 Å². The zero-order valence-electron chi connectivity index (χ0n) is 8.61. The molecule has 90 valence electrons. The fraction of sp³-hybridized carbons (Fsp3) is 0.875. The molecule has 1 fully saturated rings.